The van der Waals surface area contributed by atoms with Crippen LogP contribution in [-0.4, -0.2) is 56.7 Å². The van der Waals surface area contributed by atoms with Gasteiger partial charge < -0.3 is 30.2 Å². The van der Waals surface area contributed by atoms with Gasteiger partial charge in [0.15, 0.2) is 17.3 Å². The maximum absolute atomic E-state index is 15.3. The average Bonchev–Trinajstić information content (AvgIpc) is 3.85. The van der Waals surface area contributed by atoms with E-state index in [2.05, 4.69) is 15.3 Å². The Morgan fingerprint density at radius 1 is 1.11 bits per heavy atom. The van der Waals surface area contributed by atoms with E-state index in [0.717, 1.165) is 35.4 Å². The van der Waals surface area contributed by atoms with Crippen molar-refractivity contribution in [3.63, 3.8) is 0 Å². The topological polar surface area (TPSA) is 159 Å². The largest absolute Gasteiger partial charge is 0.472 e. The van der Waals surface area contributed by atoms with Crippen LogP contribution in [0.5, 0.6) is 5.75 Å². The van der Waals surface area contributed by atoms with Crippen LogP contribution in [0.4, 0.5) is 8.78 Å². The summed E-state index contributed by atoms with van der Waals surface area (Å²) in [5, 5.41) is 2.96. The van der Waals surface area contributed by atoms with Gasteiger partial charge in [-0.3, -0.25) is 14.4 Å². The van der Waals surface area contributed by atoms with Gasteiger partial charge in [-0.25, -0.2) is 22.5 Å². The molecule has 1 aromatic heterocycles. The number of nitrogens with zero attached hydrogens (tertiary/aromatic N) is 2. The molecule has 3 aliphatic heterocycles. The minimum atomic E-state index is -4.99. The average molecular weight is 675 g/mol. The number of carbonyl (C=O) groups is 2. The first-order chi connectivity index (χ1) is 22.0. The fraction of sp³-hybridized carbons (Fsp3) is 0.367. The number of phosphoric acid groups is 1. The highest BCUT2D eigenvalue weighted by atomic mass is 32.2. The van der Waals surface area contributed by atoms with Crippen LogP contribution in [0.2, 0.25) is 0 Å². The molecule has 2 atom stereocenters. The maximum atomic E-state index is 15.3. The molecule has 1 unspecified atom stereocenters. The smallest absolute Gasteiger partial charge is 0.460 e. The summed E-state index contributed by atoms with van der Waals surface area (Å²) < 4.78 is 52.9. The minimum absolute atomic E-state index is 0.0421. The second-order valence-electron chi connectivity index (χ2n) is 11.7. The lowest BCUT2D eigenvalue weighted by Crippen LogP contribution is -2.59. The van der Waals surface area contributed by atoms with Crippen LogP contribution in [0.15, 0.2) is 46.1 Å². The lowest BCUT2D eigenvalue weighted by molar-refractivity contribution is -0.126. The Bertz CT molecular complexity index is 1880. The van der Waals surface area contributed by atoms with E-state index in [4.69, 9.17) is 14.5 Å². The summed E-state index contributed by atoms with van der Waals surface area (Å²) >= 11 is 1.37. The van der Waals surface area contributed by atoms with Gasteiger partial charge in [0.25, 0.3) is 5.91 Å². The number of nitrogens with one attached hydrogen (secondary N) is 2. The van der Waals surface area contributed by atoms with Crippen molar-refractivity contribution in [3.05, 3.63) is 80.6 Å². The van der Waals surface area contributed by atoms with Crippen LogP contribution in [0.3, 0.4) is 0 Å². The molecular formula is C30H29F2N4O8PS. The highest BCUT2D eigenvalue weighted by Gasteiger charge is 2.43. The van der Waals surface area contributed by atoms with Crippen molar-refractivity contribution in [3.8, 4) is 17.0 Å². The maximum Gasteiger partial charge on any atom is 0.472 e. The molecule has 242 valence electrons. The lowest BCUT2D eigenvalue weighted by Gasteiger charge is -2.44. The van der Waals surface area contributed by atoms with Gasteiger partial charge in [-0.1, -0.05) is 18.2 Å². The van der Waals surface area contributed by atoms with Crippen LogP contribution < -0.4 is 20.9 Å². The fourth-order valence-corrected chi connectivity index (χ4v) is 7.51. The van der Waals surface area contributed by atoms with Gasteiger partial charge in [0.1, 0.15) is 6.17 Å². The zero-order valence-corrected chi connectivity index (χ0v) is 25.9. The number of rotatable bonds is 7. The molecule has 12 nitrogen and oxygen atoms in total. The number of pyridine rings is 1. The number of thioether (sulfide) groups is 1. The van der Waals surface area contributed by atoms with E-state index in [1.165, 1.54) is 21.3 Å². The molecule has 1 saturated carbocycles. The quantitative estimate of drug-likeness (QED) is 0.216. The van der Waals surface area contributed by atoms with Gasteiger partial charge in [-0.05, 0) is 55.4 Å². The van der Waals surface area contributed by atoms with Gasteiger partial charge in [0, 0.05) is 40.4 Å². The Kier molecular flexibility index (Phi) is 7.92. The van der Waals surface area contributed by atoms with Gasteiger partial charge in [0.2, 0.25) is 23.9 Å². The Hall–Kier alpha value is -3.75. The highest BCUT2D eigenvalue weighted by molar-refractivity contribution is 7.98. The third kappa shape index (κ3) is 5.82. The van der Waals surface area contributed by atoms with Gasteiger partial charge in [-0.15, -0.1) is 11.8 Å². The van der Waals surface area contributed by atoms with Gasteiger partial charge >= 0.3 is 7.82 Å². The number of ether oxygens (including phenoxy) is 1. The van der Waals surface area contributed by atoms with E-state index < -0.39 is 55.4 Å². The molecular weight excluding hydrogens is 645 g/mol. The van der Waals surface area contributed by atoms with Crippen molar-refractivity contribution in [1.82, 2.24) is 14.9 Å². The first kappa shape index (κ1) is 30.9. The molecule has 0 radical (unpaired) electrons. The number of piperidine rings is 1. The summed E-state index contributed by atoms with van der Waals surface area (Å²) in [5.74, 6) is -3.89. The van der Waals surface area contributed by atoms with E-state index in [9.17, 15) is 18.9 Å². The molecule has 7 rings (SSSR count). The van der Waals surface area contributed by atoms with E-state index in [0.29, 0.717) is 18.4 Å². The number of aromatic nitrogens is 1. The third-order valence-corrected chi connectivity index (χ3v) is 10.2. The Morgan fingerprint density at radius 3 is 2.65 bits per heavy atom. The predicted molar refractivity (Wildman–Crippen MR) is 162 cm³/mol. The van der Waals surface area contributed by atoms with Crippen LogP contribution in [0.25, 0.3) is 11.3 Å². The number of carbonyl (C=O) groups excluding carboxylic acids is 2. The van der Waals surface area contributed by atoms with E-state index in [-0.39, 0.29) is 53.2 Å². The molecule has 2 fully saturated rings. The first-order valence-electron chi connectivity index (χ1n) is 14.7. The summed E-state index contributed by atoms with van der Waals surface area (Å²) in [7, 11) is -4.99. The summed E-state index contributed by atoms with van der Waals surface area (Å²) in [4.78, 5) is 61.3. The second kappa shape index (κ2) is 11.8. The summed E-state index contributed by atoms with van der Waals surface area (Å²) in [6.45, 7) is -1.01. The van der Waals surface area contributed by atoms with Gasteiger partial charge in [-0.2, -0.15) is 0 Å². The van der Waals surface area contributed by atoms with Crippen molar-refractivity contribution in [2.24, 2.45) is 5.92 Å². The summed E-state index contributed by atoms with van der Waals surface area (Å²) in [6.07, 6.45) is 2.25. The number of hydrogen-bond donors (Lipinski definition) is 4. The summed E-state index contributed by atoms with van der Waals surface area (Å²) in [5.41, 5.74) is 3.75. The van der Waals surface area contributed by atoms with Crippen molar-refractivity contribution < 1.29 is 42.0 Å². The molecule has 0 spiro atoms. The molecule has 1 saturated heterocycles. The first-order valence-corrected chi connectivity index (χ1v) is 17.2. The standard InChI is InChI=1S/C30H29F2N4O8PS/c31-21-10-19(18-9-15-3-1-2-4-24(15)46-13-20(18)26(21)32)22-11-23(37)28(43-14-44-45(40,41)42)27-30(39)35-12-16(29(38)33-17-6-7-17)5-8-25(35)34-36(22)27/h1-4,10-11,16-17,25,34H,5-9,12-14H2,(H,33,38)(H2,40,41,42)/t16?,25-/m0/s1. The Morgan fingerprint density at radius 2 is 1.89 bits per heavy atom. The number of halogens is 2. The SMILES string of the molecule is O=C(NC1CC1)C1CC[C@H]2Nn3c(-c4cc(F)c(F)c5c4Cc4ccccc4SC5)cc(=O)c(OCOP(=O)(O)O)c3C(=O)N2C1. The molecule has 46 heavy (non-hydrogen) atoms. The van der Waals surface area contributed by atoms with Crippen molar-refractivity contribution >= 4 is 31.4 Å². The number of hydrogen-bond acceptors (Lipinski definition) is 8. The zero-order valence-electron chi connectivity index (χ0n) is 24.2. The zero-order chi connectivity index (χ0) is 32.3. The Balaban J connectivity index is 1.35. The molecule has 4 N–H and O–H groups in total. The van der Waals surface area contributed by atoms with Crippen molar-refractivity contribution in [2.45, 2.75) is 55.0 Å². The lowest BCUT2D eigenvalue weighted by atomic mass is 9.92. The summed E-state index contributed by atoms with van der Waals surface area (Å²) in [6, 6.07) is 9.73. The van der Waals surface area contributed by atoms with E-state index in [1.807, 2.05) is 24.3 Å². The molecule has 16 heteroatoms. The van der Waals surface area contributed by atoms with Crippen LogP contribution >= 0.6 is 19.6 Å². The van der Waals surface area contributed by atoms with E-state index in [1.54, 1.807) is 0 Å². The molecule has 2 amide bonds. The normalized spacial score (nSPS) is 20.4. The minimum Gasteiger partial charge on any atom is -0.460 e. The molecule has 2 aromatic carbocycles. The second-order valence-corrected chi connectivity index (χ2v) is 14.0. The van der Waals surface area contributed by atoms with Gasteiger partial charge in [0.05, 0.1) is 11.6 Å². The molecule has 4 aliphatic rings. The number of benzene rings is 2. The van der Waals surface area contributed by atoms with Crippen LogP contribution in [0, 0.1) is 17.6 Å². The predicted octanol–water partition coefficient (Wildman–Crippen LogP) is 3.45. The van der Waals surface area contributed by atoms with Crippen molar-refractivity contribution in [1.29, 1.82) is 0 Å². The molecule has 1 aliphatic carbocycles. The monoisotopic (exact) mass is 674 g/mol. The van der Waals surface area contributed by atoms with Crippen LogP contribution in [0.1, 0.15) is 52.9 Å². The molecule has 0 bridgehead atoms. The number of fused-ring (bicyclic) bond motifs is 4. The molecule has 3 aromatic rings. The molecule has 4 heterocycles. The highest BCUT2D eigenvalue weighted by Crippen LogP contribution is 2.42. The van der Waals surface area contributed by atoms with Crippen LogP contribution in [-0.2, 0) is 26.1 Å². The Labute approximate surface area is 265 Å². The fourth-order valence-electron chi connectivity index (χ4n) is 6.22. The number of phosphoric ester groups is 1. The van der Waals surface area contributed by atoms with Crippen molar-refractivity contribution in [2.75, 3.05) is 18.8 Å². The third-order valence-electron chi connectivity index (χ3n) is 8.64. The van der Waals surface area contributed by atoms with E-state index >= 15 is 8.78 Å². The number of amides is 2.